The van der Waals surface area contributed by atoms with Gasteiger partial charge in [-0.05, 0) is 37.9 Å². The fourth-order valence-electron chi connectivity index (χ4n) is 2.89. The number of carbonyl (C=O) groups is 1. The highest BCUT2D eigenvalue weighted by Crippen LogP contribution is 2.23. The summed E-state index contributed by atoms with van der Waals surface area (Å²) in [6.45, 7) is 4.10. The molecule has 1 aliphatic rings. The number of anilines is 1. The summed E-state index contributed by atoms with van der Waals surface area (Å²) in [7, 11) is 1.40. The van der Waals surface area contributed by atoms with Crippen molar-refractivity contribution in [2.24, 2.45) is 0 Å². The maximum Gasteiger partial charge on any atom is 0.340 e. The average molecular weight is 276 g/mol. The van der Waals surface area contributed by atoms with Crippen LogP contribution in [0, 0.1) is 0 Å². The fraction of sp³-hybridized carbons (Fsp3) is 0.562. The predicted molar refractivity (Wildman–Crippen MR) is 80.5 cm³/mol. The van der Waals surface area contributed by atoms with Crippen LogP contribution in [0.25, 0.3) is 0 Å². The highest BCUT2D eigenvalue weighted by molar-refractivity contribution is 5.96. The minimum absolute atomic E-state index is 0.347. The SMILES string of the molecule is COC(=O)c1c(N)cccc1CN1CCCCCC1C. The molecule has 1 unspecified atom stereocenters. The second-order valence-electron chi connectivity index (χ2n) is 5.54. The van der Waals surface area contributed by atoms with E-state index in [2.05, 4.69) is 11.8 Å². The molecule has 1 aromatic carbocycles. The zero-order valence-electron chi connectivity index (χ0n) is 12.4. The van der Waals surface area contributed by atoms with Crippen molar-refractivity contribution in [3.63, 3.8) is 0 Å². The smallest absolute Gasteiger partial charge is 0.340 e. The van der Waals surface area contributed by atoms with Crippen molar-refractivity contribution in [1.82, 2.24) is 4.90 Å². The number of benzene rings is 1. The van der Waals surface area contributed by atoms with E-state index < -0.39 is 0 Å². The first kappa shape index (κ1) is 14.9. The topological polar surface area (TPSA) is 55.6 Å². The molecular formula is C16H24N2O2. The third kappa shape index (κ3) is 3.31. The van der Waals surface area contributed by atoms with Crippen LogP contribution in [0.5, 0.6) is 0 Å². The van der Waals surface area contributed by atoms with Crippen LogP contribution in [0.1, 0.15) is 48.5 Å². The van der Waals surface area contributed by atoms with Gasteiger partial charge in [0, 0.05) is 18.3 Å². The van der Waals surface area contributed by atoms with E-state index in [1.165, 1.54) is 32.8 Å². The molecule has 2 N–H and O–H groups in total. The lowest BCUT2D eigenvalue weighted by Gasteiger charge is -2.27. The van der Waals surface area contributed by atoms with Gasteiger partial charge in [-0.3, -0.25) is 4.90 Å². The Morgan fingerprint density at radius 2 is 2.20 bits per heavy atom. The van der Waals surface area contributed by atoms with Gasteiger partial charge in [-0.15, -0.1) is 0 Å². The maximum absolute atomic E-state index is 11.9. The van der Waals surface area contributed by atoms with Crippen molar-refractivity contribution < 1.29 is 9.53 Å². The Morgan fingerprint density at radius 3 is 2.95 bits per heavy atom. The van der Waals surface area contributed by atoms with Crippen molar-refractivity contribution in [2.45, 2.75) is 45.2 Å². The molecule has 0 amide bonds. The average Bonchev–Trinajstić information content (AvgIpc) is 2.64. The second kappa shape index (κ2) is 6.75. The second-order valence-corrected chi connectivity index (χ2v) is 5.54. The normalized spacial score (nSPS) is 20.4. The Balaban J connectivity index is 2.24. The van der Waals surface area contributed by atoms with Crippen LogP contribution in [0.3, 0.4) is 0 Å². The zero-order valence-corrected chi connectivity index (χ0v) is 12.4. The molecule has 0 aliphatic carbocycles. The number of hydrogen-bond acceptors (Lipinski definition) is 4. The van der Waals surface area contributed by atoms with Gasteiger partial charge in [0.2, 0.25) is 0 Å². The summed E-state index contributed by atoms with van der Waals surface area (Å²) in [5.74, 6) is -0.347. The fourth-order valence-corrected chi connectivity index (χ4v) is 2.89. The lowest BCUT2D eigenvalue weighted by Crippen LogP contribution is -2.32. The van der Waals surface area contributed by atoms with E-state index in [1.807, 2.05) is 12.1 Å². The van der Waals surface area contributed by atoms with Gasteiger partial charge in [0.25, 0.3) is 0 Å². The van der Waals surface area contributed by atoms with Gasteiger partial charge in [-0.1, -0.05) is 25.0 Å². The van der Waals surface area contributed by atoms with Crippen LogP contribution in [0.2, 0.25) is 0 Å². The summed E-state index contributed by atoms with van der Waals surface area (Å²) >= 11 is 0. The predicted octanol–water partition coefficient (Wildman–Crippen LogP) is 2.82. The molecule has 110 valence electrons. The molecule has 0 saturated carbocycles. The van der Waals surface area contributed by atoms with Crippen LogP contribution in [0.15, 0.2) is 18.2 Å². The molecule has 1 saturated heterocycles. The van der Waals surface area contributed by atoms with Crippen LogP contribution in [-0.2, 0) is 11.3 Å². The molecule has 0 radical (unpaired) electrons. The van der Waals surface area contributed by atoms with Crippen molar-refractivity contribution >= 4 is 11.7 Å². The van der Waals surface area contributed by atoms with E-state index in [4.69, 9.17) is 10.5 Å². The van der Waals surface area contributed by atoms with Gasteiger partial charge in [0.05, 0.1) is 12.7 Å². The molecule has 20 heavy (non-hydrogen) atoms. The van der Waals surface area contributed by atoms with E-state index in [9.17, 15) is 4.79 Å². The lowest BCUT2D eigenvalue weighted by molar-refractivity contribution is 0.0599. The number of methoxy groups -OCH3 is 1. The molecule has 1 aromatic rings. The number of nitrogen functional groups attached to an aromatic ring is 1. The summed E-state index contributed by atoms with van der Waals surface area (Å²) in [5, 5.41) is 0. The van der Waals surface area contributed by atoms with Crippen molar-refractivity contribution in [3.8, 4) is 0 Å². The summed E-state index contributed by atoms with van der Waals surface area (Å²) in [5.41, 5.74) is 7.93. The van der Waals surface area contributed by atoms with Crippen molar-refractivity contribution in [2.75, 3.05) is 19.4 Å². The number of rotatable bonds is 3. The van der Waals surface area contributed by atoms with Crippen LogP contribution < -0.4 is 5.73 Å². The Bertz CT molecular complexity index is 474. The Hall–Kier alpha value is -1.55. The van der Waals surface area contributed by atoms with E-state index in [0.717, 1.165) is 18.7 Å². The number of nitrogens with zero attached hydrogens (tertiary/aromatic N) is 1. The zero-order chi connectivity index (χ0) is 14.5. The first-order valence-corrected chi connectivity index (χ1v) is 7.33. The largest absolute Gasteiger partial charge is 0.465 e. The Kier molecular flexibility index (Phi) is 5.01. The molecule has 4 nitrogen and oxygen atoms in total. The van der Waals surface area contributed by atoms with E-state index in [-0.39, 0.29) is 5.97 Å². The summed E-state index contributed by atoms with van der Waals surface area (Å²) in [6.07, 6.45) is 5.02. The van der Waals surface area contributed by atoms with Crippen molar-refractivity contribution in [3.05, 3.63) is 29.3 Å². The van der Waals surface area contributed by atoms with Gasteiger partial charge < -0.3 is 10.5 Å². The Morgan fingerprint density at radius 1 is 1.40 bits per heavy atom. The molecule has 0 spiro atoms. The molecular weight excluding hydrogens is 252 g/mol. The number of likely N-dealkylation sites (tertiary alicyclic amines) is 1. The molecule has 1 fully saturated rings. The third-order valence-corrected chi connectivity index (χ3v) is 4.14. The van der Waals surface area contributed by atoms with Crippen LogP contribution in [-0.4, -0.2) is 30.6 Å². The third-order valence-electron chi connectivity index (χ3n) is 4.14. The number of ether oxygens (including phenoxy) is 1. The molecule has 4 heteroatoms. The standard InChI is InChI=1S/C16H24N2O2/c1-12-7-4-3-5-10-18(12)11-13-8-6-9-14(17)15(13)16(19)20-2/h6,8-9,12H,3-5,7,10-11,17H2,1-2H3. The molecule has 2 rings (SSSR count). The number of nitrogens with two attached hydrogens (primary N) is 1. The van der Waals surface area contributed by atoms with Gasteiger partial charge in [-0.25, -0.2) is 4.79 Å². The molecule has 1 heterocycles. The number of esters is 1. The van der Waals surface area contributed by atoms with Crippen LogP contribution >= 0.6 is 0 Å². The molecule has 1 atom stereocenters. The minimum Gasteiger partial charge on any atom is -0.465 e. The van der Waals surface area contributed by atoms with Crippen LogP contribution in [0.4, 0.5) is 5.69 Å². The minimum atomic E-state index is -0.347. The molecule has 1 aliphatic heterocycles. The van der Waals surface area contributed by atoms with Gasteiger partial charge in [-0.2, -0.15) is 0 Å². The number of hydrogen-bond donors (Lipinski definition) is 1. The summed E-state index contributed by atoms with van der Waals surface area (Å²) in [6, 6.07) is 6.17. The summed E-state index contributed by atoms with van der Waals surface area (Å²) < 4.78 is 4.86. The highest BCUT2D eigenvalue weighted by Gasteiger charge is 2.21. The Labute approximate surface area is 120 Å². The van der Waals surface area contributed by atoms with Gasteiger partial charge >= 0.3 is 5.97 Å². The first-order chi connectivity index (χ1) is 9.63. The van der Waals surface area contributed by atoms with Gasteiger partial charge in [0.15, 0.2) is 0 Å². The maximum atomic E-state index is 11.9. The van der Waals surface area contributed by atoms with E-state index in [1.54, 1.807) is 6.07 Å². The quantitative estimate of drug-likeness (QED) is 0.681. The monoisotopic (exact) mass is 276 g/mol. The first-order valence-electron chi connectivity index (χ1n) is 7.33. The molecule has 0 bridgehead atoms. The summed E-state index contributed by atoms with van der Waals surface area (Å²) in [4.78, 5) is 14.4. The van der Waals surface area contributed by atoms with E-state index >= 15 is 0 Å². The molecule has 0 aromatic heterocycles. The van der Waals surface area contributed by atoms with Crippen molar-refractivity contribution in [1.29, 1.82) is 0 Å². The number of carbonyl (C=O) groups excluding carboxylic acids is 1. The lowest BCUT2D eigenvalue weighted by atomic mass is 10.0. The van der Waals surface area contributed by atoms with E-state index in [0.29, 0.717) is 17.3 Å². The van der Waals surface area contributed by atoms with Gasteiger partial charge in [0.1, 0.15) is 0 Å². The highest BCUT2D eigenvalue weighted by atomic mass is 16.5.